The topological polar surface area (TPSA) is 104 Å². The lowest BCUT2D eigenvalue weighted by atomic mass is 9.85. The first-order valence-corrected chi connectivity index (χ1v) is 9.31. The summed E-state index contributed by atoms with van der Waals surface area (Å²) in [6.45, 7) is 0. The highest BCUT2D eigenvalue weighted by atomic mass is 16.5. The number of nitrogens with zero attached hydrogens (tertiary/aromatic N) is 4. The highest BCUT2D eigenvalue weighted by Gasteiger charge is 2.32. The van der Waals surface area contributed by atoms with Gasteiger partial charge in [-0.15, -0.1) is 10.2 Å². The molecule has 29 heavy (non-hydrogen) atoms. The minimum Gasteiger partial charge on any atom is -0.497 e. The molecule has 0 radical (unpaired) electrons. The molecule has 4 N–H and O–H groups in total. The Morgan fingerprint density at radius 3 is 2.52 bits per heavy atom. The number of benzene rings is 2. The maximum absolute atomic E-state index is 6.78. The van der Waals surface area contributed by atoms with Crippen LogP contribution in [0.2, 0.25) is 0 Å². The summed E-state index contributed by atoms with van der Waals surface area (Å²) in [7, 11) is 1.64. The van der Waals surface area contributed by atoms with E-state index in [0.717, 1.165) is 33.5 Å². The first-order valence-electron chi connectivity index (χ1n) is 9.31. The lowest BCUT2D eigenvalue weighted by Crippen LogP contribution is -2.39. The number of fused-ring (bicyclic) bond motifs is 3. The van der Waals surface area contributed by atoms with Gasteiger partial charge in [0.05, 0.1) is 18.3 Å². The Hall–Kier alpha value is -3.71. The molecule has 2 heterocycles. The molecule has 1 unspecified atom stereocenters. The zero-order chi connectivity index (χ0) is 20.0. The normalized spacial score (nSPS) is 18.9. The molecule has 7 nitrogen and oxygen atoms in total. The summed E-state index contributed by atoms with van der Waals surface area (Å²) in [5.74, 6) is 1.42. The molecular formula is C22H20N6O. The summed E-state index contributed by atoms with van der Waals surface area (Å²) in [5.41, 5.74) is 15.1. The molecule has 144 valence electrons. The predicted octanol–water partition coefficient (Wildman–Crippen LogP) is 2.91. The van der Waals surface area contributed by atoms with Crippen molar-refractivity contribution in [3.63, 3.8) is 0 Å². The van der Waals surface area contributed by atoms with E-state index in [9.17, 15) is 0 Å². The number of allylic oxidation sites excluding steroid dienone is 2. The number of ether oxygens (including phenoxy) is 1. The summed E-state index contributed by atoms with van der Waals surface area (Å²) in [6.07, 6.45) is 6.19. The van der Waals surface area contributed by atoms with Crippen molar-refractivity contribution in [1.82, 2.24) is 19.8 Å². The smallest absolute Gasteiger partial charge is 0.186 e. The summed E-state index contributed by atoms with van der Waals surface area (Å²) in [6, 6.07) is 15.6. The van der Waals surface area contributed by atoms with Crippen LogP contribution < -0.4 is 16.2 Å². The van der Waals surface area contributed by atoms with Crippen LogP contribution in [-0.2, 0) is 5.54 Å². The zero-order valence-corrected chi connectivity index (χ0v) is 15.9. The van der Waals surface area contributed by atoms with Crippen molar-refractivity contribution in [1.29, 1.82) is 0 Å². The van der Waals surface area contributed by atoms with Gasteiger partial charge in [-0.25, -0.2) is 0 Å². The lowest BCUT2D eigenvalue weighted by Gasteiger charge is -2.29. The van der Waals surface area contributed by atoms with Gasteiger partial charge in [0, 0.05) is 28.5 Å². The first-order chi connectivity index (χ1) is 14.1. The molecule has 0 saturated heterocycles. The largest absolute Gasteiger partial charge is 0.497 e. The molecule has 2 aromatic carbocycles. The van der Waals surface area contributed by atoms with Gasteiger partial charge in [0.1, 0.15) is 5.75 Å². The third kappa shape index (κ3) is 2.75. The van der Waals surface area contributed by atoms with E-state index < -0.39 is 5.54 Å². The van der Waals surface area contributed by atoms with E-state index in [2.05, 4.69) is 10.2 Å². The Labute approximate surface area is 167 Å². The van der Waals surface area contributed by atoms with Crippen LogP contribution in [0.5, 0.6) is 5.75 Å². The Balaban J connectivity index is 1.78. The van der Waals surface area contributed by atoms with Gasteiger partial charge in [0.15, 0.2) is 11.5 Å². The molecule has 0 spiro atoms. The number of hydrogen-bond acceptors (Lipinski definition) is 6. The van der Waals surface area contributed by atoms with Crippen molar-refractivity contribution < 1.29 is 4.74 Å². The SMILES string of the molecule is COc1ccc(-c2nnc3c4ccccc4c(C4(N)C=CC=C(N)C4)nn23)cc1. The summed E-state index contributed by atoms with van der Waals surface area (Å²) < 4.78 is 7.01. The van der Waals surface area contributed by atoms with Gasteiger partial charge >= 0.3 is 0 Å². The standard InChI is InChI=1S/C22H20N6O/c1-29-16-10-8-14(9-11-16)20-25-26-21-18-7-3-2-6-17(18)19(27-28(20)21)22(24)12-4-5-15(23)13-22/h2-12H,13,23-24H2,1H3. The molecule has 4 aromatic rings. The van der Waals surface area contributed by atoms with E-state index >= 15 is 0 Å². The Morgan fingerprint density at radius 1 is 1.03 bits per heavy atom. The van der Waals surface area contributed by atoms with Crippen LogP contribution in [-0.4, -0.2) is 26.9 Å². The van der Waals surface area contributed by atoms with E-state index in [-0.39, 0.29) is 0 Å². The van der Waals surface area contributed by atoms with E-state index in [0.29, 0.717) is 17.9 Å². The lowest BCUT2D eigenvalue weighted by molar-refractivity contribution is 0.415. The maximum Gasteiger partial charge on any atom is 0.186 e. The minimum absolute atomic E-state index is 0.492. The van der Waals surface area contributed by atoms with Gasteiger partial charge in [0.2, 0.25) is 0 Å². The average molecular weight is 384 g/mol. The van der Waals surface area contributed by atoms with Crippen LogP contribution in [0, 0.1) is 0 Å². The van der Waals surface area contributed by atoms with Gasteiger partial charge in [-0.05, 0) is 30.3 Å². The van der Waals surface area contributed by atoms with Gasteiger partial charge in [-0.3, -0.25) is 0 Å². The quantitative estimate of drug-likeness (QED) is 0.563. The van der Waals surface area contributed by atoms with Crippen molar-refractivity contribution in [3.8, 4) is 17.1 Å². The van der Waals surface area contributed by atoms with Crippen molar-refractivity contribution in [2.45, 2.75) is 12.0 Å². The molecule has 1 aliphatic rings. The highest BCUT2D eigenvalue weighted by Crippen LogP contribution is 2.34. The molecule has 5 rings (SSSR count). The van der Waals surface area contributed by atoms with Crippen LogP contribution in [0.1, 0.15) is 12.1 Å². The third-order valence-electron chi connectivity index (χ3n) is 5.25. The second-order valence-corrected chi connectivity index (χ2v) is 7.20. The fourth-order valence-electron chi connectivity index (χ4n) is 3.81. The number of nitrogens with two attached hydrogens (primary N) is 2. The van der Waals surface area contributed by atoms with E-state index in [1.807, 2.05) is 66.8 Å². The summed E-state index contributed by atoms with van der Waals surface area (Å²) >= 11 is 0. The monoisotopic (exact) mass is 384 g/mol. The van der Waals surface area contributed by atoms with Crippen LogP contribution >= 0.6 is 0 Å². The summed E-state index contributed by atoms with van der Waals surface area (Å²) in [4.78, 5) is 0. The molecule has 1 aliphatic carbocycles. The molecule has 0 saturated carbocycles. The molecule has 7 heteroatoms. The zero-order valence-electron chi connectivity index (χ0n) is 15.9. The van der Waals surface area contributed by atoms with Crippen molar-refractivity contribution in [3.05, 3.63) is 78.1 Å². The summed E-state index contributed by atoms with van der Waals surface area (Å²) in [5, 5.41) is 15.6. The van der Waals surface area contributed by atoms with E-state index in [1.165, 1.54) is 0 Å². The Bertz CT molecular complexity index is 1290. The molecule has 0 amide bonds. The van der Waals surface area contributed by atoms with Crippen molar-refractivity contribution in [2.75, 3.05) is 7.11 Å². The van der Waals surface area contributed by atoms with Crippen LogP contribution in [0.4, 0.5) is 0 Å². The average Bonchev–Trinajstić information content (AvgIpc) is 3.17. The molecular weight excluding hydrogens is 364 g/mol. The number of rotatable bonds is 3. The second-order valence-electron chi connectivity index (χ2n) is 7.20. The van der Waals surface area contributed by atoms with Crippen molar-refractivity contribution >= 4 is 16.4 Å². The van der Waals surface area contributed by atoms with E-state index in [4.69, 9.17) is 21.3 Å². The number of hydrogen-bond donors (Lipinski definition) is 2. The van der Waals surface area contributed by atoms with Gasteiger partial charge in [0.25, 0.3) is 0 Å². The highest BCUT2D eigenvalue weighted by molar-refractivity contribution is 5.96. The van der Waals surface area contributed by atoms with Crippen LogP contribution in [0.15, 0.2) is 72.5 Å². The Kier molecular flexibility index (Phi) is 3.85. The fraction of sp³-hybridized carbons (Fsp3) is 0.136. The molecule has 0 bridgehead atoms. The predicted molar refractivity (Wildman–Crippen MR) is 112 cm³/mol. The first kappa shape index (κ1) is 17.4. The molecule has 1 atom stereocenters. The molecule has 2 aromatic heterocycles. The number of methoxy groups -OCH3 is 1. The third-order valence-corrected chi connectivity index (χ3v) is 5.25. The van der Waals surface area contributed by atoms with Crippen LogP contribution in [0.3, 0.4) is 0 Å². The second kappa shape index (κ2) is 6.42. The van der Waals surface area contributed by atoms with Crippen LogP contribution in [0.25, 0.3) is 27.8 Å². The fourth-order valence-corrected chi connectivity index (χ4v) is 3.81. The van der Waals surface area contributed by atoms with Gasteiger partial charge in [-0.2, -0.15) is 9.61 Å². The van der Waals surface area contributed by atoms with Gasteiger partial charge < -0.3 is 16.2 Å². The maximum atomic E-state index is 6.78. The van der Waals surface area contributed by atoms with Gasteiger partial charge in [-0.1, -0.05) is 36.4 Å². The van der Waals surface area contributed by atoms with E-state index in [1.54, 1.807) is 11.6 Å². The molecule has 0 fully saturated rings. The molecule has 0 aliphatic heterocycles. The van der Waals surface area contributed by atoms with Crippen molar-refractivity contribution in [2.24, 2.45) is 11.5 Å². The number of aromatic nitrogens is 4. The Morgan fingerprint density at radius 2 is 1.79 bits per heavy atom. The minimum atomic E-state index is -0.811.